The van der Waals surface area contributed by atoms with Gasteiger partial charge in [0.2, 0.25) is 0 Å². The Morgan fingerprint density at radius 2 is 2.06 bits per heavy atom. The molecule has 2 atom stereocenters. The van der Waals surface area contributed by atoms with Crippen LogP contribution in [-0.2, 0) is 10.9 Å². The lowest BCUT2D eigenvalue weighted by atomic mass is 9.92. The highest BCUT2D eigenvalue weighted by molar-refractivity contribution is 6.33. The van der Waals surface area contributed by atoms with Gasteiger partial charge in [-0.15, -0.1) is 0 Å². The van der Waals surface area contributed by atoms with Crippen molar-refractivity contribution in [2.75, 3.05) is 26.2 Å². The molecule has 0 N–H and O–H groups in total. The summed E-state index contributed by atoms with van der Waals surface area (Å²) in [5.74, 6) is -0.612. The molecule has 5 heterocycles. The van der Waals surface area contributed by atoms with Crippen molar-refractivity contribution in [2.24, 2.45) is 5.92 Å². The van der Waals surface area contributed by atoms with E-state index in [2.05, 4.69) is 4.98 Å². The number of nitrogens with zero attached hydrogens (tertiary/aromatic N) is 4. The minimum atomic E-state index is -4.72. The molecule has 0 aliphatic carbocycles. The van der Waals surface area contributed by atoms with Crippen molar-refractivity contribution < 1.29 is 31.9 Å². The highest BCUT2D eigenvalue weighted by Gasteiger charge is 2.40. The summed E-state index contributed by atoms with van der Waals surface area (Å²) < 4.78 is 52.6. The number of amides is 2. The molecule has 3 aromatic rings. The maximum absolute atomic E-state index is 13.9. The fourth-order valence-electron chi connectivity index (χ4n) is 4.69. The van der Waals surface area contributed by atoms with E-state index in [0.717, 1.165) is 10.5 Å². The summed E-state index contributed by atoms with van der Waals surface area (Å²) in [6.07, 6.45) is -0.495. The molecular weight excluding hydrogens is 477 g/mol. The average molecular weight is 497 g/mol. The molecule has 8 nitrogen and oxygen atoms in total. The van der Waals surface area contributed by atoms with Crippen LogP contribution < -0.4 is 0 Å². The summed E-state index contributed by atoms with van der Waals surface area (Å²) in [7, 11) is 0. The average Bonchev–Trinajstić information content (AvgIpc) is 3.53. The Morgan fingerprint density at radius 3 is 2.68 bits per heavy atom. The normalized spacial score (nSPS) is 21.4. The van der Waals surface area contributed by atoms with Gasteiger partial charge in [-0.05, 0) is 24.5 Å². The van der Waals surface area contributed by atoms with Crippen molar-refractivity contribution in [1.82, 2.24) is 19.2 Å². The predicted octanol–water partition coefficient (Wildman–Crippen LogP) is 4.57. The molecule has 34 heavy (non-hydrogen) atoms. The minimum absolute atomic E-state index is 0.0578. The van der Waals surface area contributed by atoms with E-state index in [1.165, 1.54) is 29.7 Å². The molecule has 2 fully saturated rings. The van der Waals surface area contributed by atoms with E-state index in [-0.39, 0.29) is 34.5 Å². The molecule has 0 unspecified atom stereocenters. The first-order chi connectivity index (χ1) is 16.1. The van der Waals surface area contributed by atoms with Gasteiger partial charge in [-0.25, -0.2) is 9.78 Å². The molecule has 12 heteroatoms. The Hall–Kier alpha value is -3.21. The lowest BCUT2D eigenvalue weighted by Gasteiger charge is -2.40. The largest absolute Gasteiger partial charge is 0.472 e. The number of ether oxygens (including phenoxy) is 1. The Kier molecular flexibility index (Phi) is 5.46. The van der Waals surface area contributed by atoms with Gasteiger partial charge in [0.05, 0.1) is 24.6 Å². The molecule has 2 amide bonds. The molecule has 0 bridgehead atoms. The fraction of sp³-hybridized carbons (Fsp3) is 0.409. The molecule has 0 radical (unpaired) electrons. The number of hydrogen-bond acceptors (Lipinski definition) is 5. The third-order valence-electron chi connectivity index (χ3n) is 6.36. The highest BCUT2D eigenvalue weighted by Crippen LogP contribution is 2.37. The predicted molar refractivity (Wildman–Crippen MR) is 114 cm³/mol. The molecule has 2 aliphatic heterocycles. The number of halogens is 4. The Balaban J connectivity index is 1.48. The minimum Gasteiger partial charge on any atom is -0.472 e. The van der Waals surface area contributed by atoms with Crippen LogP contribution in [-0.4, -0.2) is 63.5 Å². The van der Waals surface area contributed by atoms with Crippen LogP contribution in [0, 0.1) is 5.92 Å². The number of hydrogen-bond donors (Lipinski definition) is 0. The monoisotopic (exact) mass is 496 g/mol. The summed E-state index contributed by atoms with van der Waals surface area (Å²) >= 11 is 6.41. The van der Waals surface area contributed by atoms with E-state index in [0.29, 0.717) is 38.2 Å². The molecule has 0 aromatic carbocycles. The van der Waals surface area contributed by atoms with Gasteiger partial charge >= 0.3 is 12.3 Å². The summed E-state index contributed by atoms with van der Waals surface area (Å²) in [5.41, 5.74) is -1.05. The van der Waals surface area contributed by atoms with Crippen molar-refractivity contribution in [3.63, 3.8) is 0 Å². The molecular formula is C22H20ClF3N4O4. The number of cyclic esters (lactones) is 1. The van der Waals surface area contributed by atoms with Crippen LogP contribution >= 0.6 is 11.6 Å². The number of carbonyl (C=O) groups is 2. The van der Waals surface area contributed by atoms with Crippen molar-refractivity contribution in [3.8, 4) is 11.1 Å². The van der Waals surface area contributed by atoms with Crippen LogP contribution in [0.3, 0.4) is 0 Å². The topological polar surface area (TPSA) is 80.3 Å². The number of alkyl halides is 3. The summed E-state index contributed by atoms with van der Waals surface area (Å²) in [6.45, 7) is 3.38. The standard InChI is InChI=1S/C22H20ClF3N4O4/c1-12-9-28(4-2-16(12)29-5-7-34-21(29)32)20(31)17-18(23)30-10-14(13-3-6-33-11-13)8-15(19(30)27-17)22(24,25)26/h3,6,8,10-12,16H,2,4-5,7,9H2,1H3/t12-,16-/m1/s1. The maximum Gasteiger partial charge on any atom is 0.420 e. The fourth-order valence-corrected chi connectivity index (χ4v) is 4.94. The van der Waals surface area contributed by atoms with E-state index in [1.807, 2.05) is 6.92 Å². The van der Waals surface area contributed by atoms with Gasteiger partial charge in [0.1, 0.15) is 11.8 Å². The molecule has 0 spiro atoms. The SMILES string of the molecule is C[C@@H]1CN(C(=O)c2nc3c(C(F)(F)F)cc(-c4ccoc4)cn3c2Cl)CC[C@H]1N1CCOC1=O. The Labute approximate surface area is 196 Å². The maximum atomic E-state index is 13.9. The lowest BCUT2D eigenvalue weighted by molar-refractivity contribution is -0.136. The number of carbonyl (C=O) groups excluding carboxylic acids is 2. The van der Waals surface area contributed by atoms with Gasteiger partial charge in [0, 0.05) is 36.5 Å². The third kappa shape index (κ3) is 3.77. The van der Waals surface area contributed by atoms with Crippen molar-refractivity contribution >= 4 is 29.2 Å². The van der Waals surface area contributed by atoms with Crippen LogP contribution in [0.1, 0.15) is 29.4 Å². The van der Waals surface area contributed by atoms with E-state index < -0.39 is 23.3 Å². The lowest BCUT2D eigenvalue weighted by Crippen LogP contribution is -2.52. The van der Waals surface area contributed by atoms with E-state index in [4.69, 9.17) is 20.8 Å². The molecule has 2 aliphatic rings. The second kappa shape index (κ2) is 8.23. The van der Waals surface area contributed by atoms with Gasteiger partial charge in [-0.2, -0.15) is 13.2 Å². The zero-order valence-electron chi connectivity index (χ0n) is 18.0. The second-order valence-electron chi connectivity index (χ2n) is 8.49. The number of aromatic nitrogens is 2. The van der Waals surface area contributed by atoms with Crippen LogP contribution in [0.25, 0.3) is 16.8 Å². The molecule has 5 rings (SSSR count). The molecule has 3 aromatic heterocycles. The van der Waals surface area contributed by atoms with Crippen molar-refractivity contribution in [1.29, 1.82) is 0 Å². The van der Waals surface area contributed by atoms with Gasteiger partial charge in [0.25, 0.3) is 5.91 Å². The van der Waals surface area contributed by atoms with E-state index >= 15 is 0 Å². The number of pyridine rings is 1. The molecule has 2 saturated heterocycles. The summed E-state index contributed by atoms with van der Waals surface area (Å²) in [5, 5.41) is -0.200. The smallest absolute Gasteiger partial charge is 0.420 e. The zero-order chi connectivity index (χ0) is 24.2. The van der Waals surface area contributed by atoms with Gasteiger partial charge < -0.3 is 19.0 Å². The summed E-state index contributed by atoms with van der Waals surface area (Å²) in [4.78, 5) is 32.4. The van der Waals surface area contributed by atoms with Crippen LogP contribution in [0.5, 0.6) is 0 Å². The summed E-state index contributed by atoms with van der Waals surface area (Å²) in [6, 6.07) is 2.41. The zero-order valence-corrected chi connectivity index (χ0v) is 18.8. The van der Waals surface area contributed by atoms with Crippen LogP contribution in [0.4, 0.5) is 18.0 Å². The Bertz CT molecular complexity index is 1260. The van der Waals surface area contributed by atoms with Crippen LogP contribution in [0.2, 0.25) is 5.15 Å². The highest BCUT2D eigenvalue weighted by atomic mass is 35.5. The number of likely N-dealkylation sites (tertiary alicyclic amines) is 1. The van der Waals surface area contributed by atoms with Crippen LogP contribution in [0.15, 0.2) is 35.3 Å². The number of furan rings is 1. The number of rotatable bonds is 3. The molecule has 0 saturated carbocycles. The number of imidazole rings is 1. The number of piperidine rings is 1. The first kappa shape index (κ1) is 22.6. The quantitative estimate of drug-likeness (QED) is 0.530. The van der Waals surface area contributed by atoms with Crippen molar-refractivity contribution in [2.45, 2.75) is 25.6 Å². The third-order valence-corrected chi connectivity index (χ3v) is 6.73. The van der Waals surface area contributed by atoms with Crippen molar-refractivity contribution in [3.05, 3.63) is 47.3 Å². The van der Waals surface area contributed by atoms with Gasteiger partial charge in [0.15, 0.2) is 11.3 Å². The van der Waals surface area contributed by atoms with Gasteiger partial charge in [-0.3, -0.25) is 9.20 Å². The van der Waals surface area contributed by atoms with E-state index in [9.17, 15) is 22.8 Å². The second-order valence-corrected chi connectivity index (χ2v) is 8.85. The first-order valence-electron chi connectivity index (χ1n) is 10.7. The first-order valence-corrected chi connectivity index (χ1v) is 11.1. The van der Waals surface area contributed by atoms with Gasteiger partial charge in [-0.1, -0.05) is 18.5 Å². The van der Waals surface area contributed by atoms with E-state index in [1.54, 1.807) is 4.90 Å². The Morgan fingerprint density at radius 1 is 1.26 bits per heavy atom. The number of fused-ring (bicyclic) bond motifs is 1. The molecule has 180 valence electrons.